The van der Waals surface area contributed by atoms with Crippen molar-refractivity contribution in [2.75, 3.05) is 45.2 Å². The molecule has 1 N–H and O–H groups in total. The van der Waals surface area contributed by atoms with Crippen LogP contribution in [-0.4, -0.2) is 92.6 Å². The number of hydrogen-bond donors (Lipinski definition) is 1. The number of halogens is 4. The highest BCUT2D eigenvalue weighted by Crippen LogP contribution is 2.45. The molecule has 3 aliphatic rings. The summed E-state index contributed by atoms with van der Waals surface area (Å²) in [6.07, 6.45) is 2.05. The molecule has 10 nitrogen and oxygen atoms in total. The zero-order valence-corrected chi connectivity index (χ0v) is 30.0. The maximum Gasteiger partial charge on any atom is 0.319 e. The number of rotatable bonds is 7. The molecule has 52 heavy (non-hydrogen) atoms. The third-order valence-electron chi connectivity index (χ3n) is 10.8. The molecular weight excluding hydrogens is 695 g/mol. The van der Waals surface area contributed by atoms with Gasteiger partial charge in [-0.25, -0.2) is 13.2 Å². The van der Waals surface area contributed by atoms with Crippen molar-refractivity contribution in [1.82, 2.24) is 29.5 Å². The second-order valence-electron chi connectivity index (χ2n) is 14.3. The van der Waals surface area contributed by atoms with Gasteiger partial charge in [0, 0.05) is 51.1 Å². The predicted octanol–water partition coefficient (Wildman–Crippen LogP) is 6.91. The summed E-state index contributed by atoms with van der Waals surface area (Å²) in [5.74, 6) is -1.20. The van der Waals surface area contributed by atoms with Crippen molar-refractivity contribution >= 4 is 45.0 Å². The zero-order valence-electron chi connectivity index (χ0n) is 29.2. The van der Waals surface area contributed by atoms with Gasteiger partial charge >= 0.3 is 6.01 Å². The first-order valence-corrected chi connectivity index (χ1v) is 18.0. The third kappa shape index (κ3) is 5.78. The molecule has 3 aliphatic heterocycles. The lowest BCUT2D eigenvalue weighted by Gasteiger charge is -2.31. The van der Waals surface area contributed by atoms with Gasteiger partial charge in [-0.2, -0.15) is 15.1 Å². The van der Waals surface area contributed by atoms with Crippen molar-refractivity contribution in [3.05, 3.63) is 70.0 Å². The average molecular weight is 734 g/mol. The van der Waals surface area contributed by atoms with E-state index in [9.17, 15) is 14.3 Å². The van der Waals surface area contributed by atoms with E-state index in [-0.39, 0.29) is 45.9 Å². The Hall–Kier alpha value is -4.62. The molecule has 5 aromatic rings. The molecule has 14 heteroatoms. The second kappa shape index (κ2) is 13.1. The lowest BCUT2D eigenvalue weighted by atomic mass is 9.92. The van der Waals surface area contributed by atoms with Crippen molar-refractivity contribution in [2.45, 2.75) is 63.8 Å². The van der Waals surface area contributed by atoms with Crippen LogP contribution in [0, 0.1) is 11.6 Å². The third-order valence-corrected chi connectivity index (χ3v) is 11.1. The first-order chi connectivity index (χ1) is 25.0. The van der Waals surface area contributed by atoms with Crippen molar-refractivity contribution in [3.63, 3.8) is 0 Å². The van der Waals surface area contributed by atoms with Crippen LogP contribution in [0.1, 0.15) is 54.4 Å². The lowest BCUT2D eigenvalue weighted by molar-refractivity contribution is 0.0821. The number of carbonyl (C=O) groups is 1. The molecule has 0 radical (unpaired) electrons. The standard InChI is InChI=1S/C38H39ClF3N7O3/c1-4-25-29(41)8-7-21-13-24(50)15-26(31(21)25)32-28(39)16-27-34(33(32)42)43-37(52-20-38-9-5-11-48(38)18-22(40)17-38)44-35(27)47-10-6-12-49-23(19-47)14-30(45-49)36(51)46(2)3/h7-8,13-16,22,50H,4-6,9-12,17-20H2,1-3H3/t22-,38+/m1/s1. The number of phenolic OH excluding ortho intramolecular Hbond substituents is 1. The minimum absolute atomic E-state index is 0.0286. The molecule has 0 unspecified atom stereocenters. The van der Waals surface area contributed by atoms with E-state index in [1.807, 2.05) is 16.5 Å². The minimum Gasteiger partial charge on any atom is -0.508 e. The number of amides is 1. The van der Waals surface area contributed by atoms with Gasteiger partial charge in [-0.3, -0.25) is 14.4 Å². The van der Waals surface area contributed by atoms with Crippen LogP contribution >= 0.6 is 11.6 Å². The highest BCUT2D eigenvalue weighted by atomic mass is 35.5. The number of fused-ring (bicyclic) bond motifs is 4. The average Bonchev–Trinajstić information content (AvgIpc) is 3.74. The molecule has 1 amide bonds. The summed E-state index contributed by atoms with van der Waals surface area (Å²) in [6, 6.07) is 9.06. The van der Waals surface area contributed by atoms with E-state index < -0.39 is 23.3 Å². The number of benzene rings is 3. The van der Waals surface area contributed by atoms with Crippen LogP contribution in [-0.2, 0) is 19.5 Å². The number of phenols is 1. The van der Waals surface area contributed by atoms with E-state index in [0.717, 1.165) is 25.1 Å². The predicted molar refractivity (Wildman–Crippen MR) is 193 cm³/mol. The highest BCUT2D eigenvalue weighted by molar-refractivity contribution is 6.35. The number of aromatic nitrogens is 4. The number of ether oxygens (including phenoxy) is 1. The van der Waals surface area contributed by atoms with Crippen molar-refractivity contribution < 1.29 is 27.8 Å². The van der Waals surface area contributed by atoms with Gasteiger partial charge in [0.2, 0.25) is 0 Å². The number of anilines is 1. The Morgan fingerprint density at radius 3 is 2.73 bits per heavy atom. The van der Waals surface area contributed by atoms with Crippen LogP contribution in [0.4, 0.5) is 19.0 Å². The number of carbonyl (C=O) groups excluding carboxylic acids is 1. The number of aromatic hydroxyl groups is 1. The normalized spacial score (nSPS) is 20.4. The van der Waals surface area contributed by atoms with Gasteiger partial charge < -0.3 is 19.6 Å². The summed E-state index contributed by atoms with van der Waals surface area (Å²) >= 11 is 6.97. The quantitative estimate of drug-likeness (QED) is 0.193. The van der Waals surface area contributed by atoms with Gasteiger partial charge in [-0.15, -0.1) is 0 Å². The summed E-state index contributed by atoms with van der Waals surface area (Å²) < 4.78 is 55.2. The Labute approximate surface area is 303 Å². The van der Waals surface area contributed by atoms with Gasteiger partial charge in [0.05, 0.1) is 22.8 Å². The molecule has 2 aromatic heterocycles. The molecule has 5 heterocycles. The largest absolute Gasteiger partial charge is 0.508 e. The maximum atomic E-state index is 17.3. The second-order valence-corrected chi connectivity index (χ2v) is 14.7. The molecular formula is C38H39ClF3N7O3. The zero-order chi connectivity index (χ0) is 36.5. The smallest absolute Gasteiger partial charge is 0.319 e. The van der Waals surface area contributed by atoms with Crippen LogP contribution in [0.25, 0.3) is 32.8 Å². The molecule has 8 rings (SSSR count). The Balaban J connectivity index is 1.29. The van der Waals surface area contributed by atoms with Gasteiger partial charge in [0.25, 0.3) is 5.91 Å². The number of hydrogen-bond acceptors (Lipinski definition) is 8. The molecule has 0 aliphatic carbocycles. The van der Waals surface area contributed by atoms with E-state index in [2.05, 4.69) is 15.0 Å². The maximum absolute atomic E-state index is 17.3. The molecule has 3 aromatic carbocycles. The number of nitrogens with zero attached hydrogens (tertiary/aromatic N) is 7. The summed E-state index contributed by atoms with van der Waals surface area (Å²) in [6.45, 7) is 4.45. The van der Waals surface area contributed by atoms with Crippen LogP contribution in [0.15, 0.2) is 36.4 Å². The molecule has 2 fully saturated rings. The molecule has 272 valence electrons. The first kappa shape index (κ1) is 34.5. The number of aryl methyl sites for hydroxylation is 2. The molecule has 0 spiro atoms. The Morgan fingerprint density at radius 1 is 1.12 bits per heavy atom. The molecule has 0 bridgehead atoms. The van der Waals surface area contributed by atoms with Crippen molar-refractivity contribution in [3.8, 4) is 22.9 Å². The topological polar surface area (TPSA) is 99.9 Å². The molecule has 2 atom stereocenters. The molecule has 0 saturated carbocycles. The summed E-state index contributed by atoms with van der Waals surface area (Å²) in [5, 5.41) is 16.6. The monoisotopic (exact) mass is 733 g/mol. The highest BCUT2D eigenvalue weighted by Gasteiger charge is 2.49. The fourth-order valence-electron chi connectivity index (χ4n) is 8.38. The van der Waals surface area contributed by atoms with Gasteiger partial charge in [0.15, 0.2) is 11.5 Å². The van der Waals surface area contributed by atoms with Crippen LogP contribution in [0.3, 0.4) is 0 Å². The Morgan fingerprint density at radius 2 is 1.94 bits per heavy atom. The fraction of sp³-hybridized carbons (Fsp3) is 0.421. The first-order valence-electron chi connectivity index (χ1n) is 17.7. The van der Waals surface area contributed by atoms with Crippen molar-refractivity contribution in [1.29, 1.82) is 0 Å². The Kier molecular flexibility index (Phi) is 8.68. The van der Waals surface area contributed by atoms with Gasteiger partial charge in [0.1, 0.15) is 35.7 Å². The van der Waals surface area contributed by atoms with Crippen LogP contribution in [0.2, 0.25) is 5.02 Å². The van der Waals surface area contributed by atoms with Crippen molar-refractivity contribution in [2.24, 2.45) is 0 Å². The van der Waals surface area contributed by atoms with Gasteiger partial charge in [-0.05, 0) is 84.5 Å². The van der Waals surface area contributed by atoms with E-state index in [1.54, 1.807) is 32.3 Å². The van der Waals surface area contributed by atoms with E-state index in [1.165, 1.54) is 23.1 Å². The van der Waals surface area contributed by atoms with Gasteiger partial charge in [-0.1, -0.05) is 24.6 Å². The van der Waals surface area contributed by atoms with E-state index in [0.29, 0.717) is 78.7 Å². The van der Waals surface area contributed by atoms with E-state index >= 15 is 8.78 Å². The minimum atomic E-state index is -0.958. The Bertz CT molecular complexity index is 2250. The fourth-order valence-corrected chi connectivity index (χ4v) is 8.67. The summed E-state index contributed by atoms with van der Waals surface area (Å²) in [4.78, 5) is 27.8. The molecule has 2 saturated heterocycles. The van der Waals surface area contributed by atoms with Crippen LogP contribution < -0.4 is 9.64 Å². The van der Waals surface area contributed by atoms with Crippen LogP contribution in [0.5, 0.6) is 11.8 Å². The lowest BCUT2D eigenvalue weighted by Crippen LogP contribution is -2.43. The number of alkyl halides is 1. The summed E-state index contributed by atoms with van der Waals surface area (Å²) in [5.41, 5.74) is 1.10. The van der Waals surface area contributed by atoms with E-state index in [4.69, 9.17) is 21.3 Å². The summed E-state index contributed by atoms with van der Waals surface area (Å²) in [7, 11) is 3.34. The SMILES string of the molecule is CCc1c(F)ccc2cc(O)cc(-c3c(Cl)cc4c(N5CCCn6nc(C(=O)N(C)C)cc6C5)nc(OC[C@@]56CCCN5C[C@H](F)C6)nc4c3F)c12.